The number of furan rings is 1. The standard InChI is InChI=1S/C15H9BrN4O5S/c16-8-1-3-11-10(5-8)13-14(19-11)15(21)20(7-17-13)18-6-9-2-4-12(25-9)26(22,23)24/h1-7,19H,(H,22,23,24)/p-1. The highest BCUT2D eigenvalue weighted by molar-refractivity contribution is 9.10. The lowest BCUT2D eigenvalue weighted by Gasteiger charge is -2.00. The number of H-pyrrole nitrogens is 1. The Morgan fingerprint density at radius 3 is 2.85 bits per heavy atom. The fraction of sp³-hybridized carbons (Fsp3) is 0. The van der Waals surface area contributed by atoms with Gasteiger partial charge in [0.05, 0.1) is 6.21 Å². The van der Waals surface area contributed by atoms with Crippen molar-refractivity contribution in [1.82, 2.24) is 14.6 Å². The lowest BCUT2D eigenvalue weighted by molar-refractivity contribution is 0.395. The number of aromatic nitrogens is 3. The third-order valence-electron chi connectivity index (χ3n) is 3.61. The second-order valence-corrected chi connectivity index (χ2v) is 7.51. The Balaban J connectivity index is 1.78. The summed E-state index contributed by atoms with van der Waals surface area (Å²) < 4.78 is 39.3. The van der Waals surface area contributed by atoms with Crippen LogP contribution in [0.5, 0.6) is 0 Å². The van der Waals surface area contributed by atoms with Crippen LogP contribution < -0.4 is 5.56 Å². The summed E-state index contributed by atoms with van der Waals surface area (Å²) in [6, 6.07) is 7.78. The Labute approximate surface area is 153 Å². The Morgan fingerprint density at radius 2 is 2.12 bits per heavy atom. The first-order valence-corrected chi connectivity index (χ1v) is 9.32. The Kier molecular flexibility index (Phi) is 3.79. The Bertz CT molecular complexity index is 1350. The lowest BCUT2D eigenvalue weighted by Crippen LogP contribution is -2.17. The van der Waals surface area contributed by atoms with Crippen molar-refractivity contribution in [1.29, 1.82) is 0 Å². The average Bonchev–Trinajstić information content (AvgIpc) is 3.19. The van der Waals surface area contributed by atoms with Gasteiger partial charge in [0.15, 0.2) is 10.1 Å². The molecule has 0 saturated carbocycles. The molecular weight excluding hydrogens is 428 g/mol. The molecule has 1 N–H and O–H groups in total. The van der Waals surface area contributed by atoms with Crippen LogP contribution in [0.4, 0.5) is 0 Å². The molecule has 1 aromatic carbocycles. The second kappa shape index (κ2) is 5.90. The van der Waals surface area contributed by atoms with Crippen molar-refractivity contribution in [2.24, 2.45) is 5.10 Å². The summed E-state index contributed by atoms with van der Waals surface area (Å²) >= 11 is 3.38. The van der Waals surface area contributed by atoms with Crippen molar-refractivity contribution in [2.45, 2.75) is 5.09 Å². The Hall–Kier alpha value is -2.76. The molecule has 0 unspecified atom stereocenters. The molecule has 0 atom stereocenters. The maximum absolute atomic E-state index is 12.6. The molecule has 3 aromatic heterocycles. The third-order valence-corrected chi connectivity index (χ3v) is 4.81. The highest BCUT2D eigenvalue weighted by Gasteiger charge is 2.11. The first-order valence-electron chi connectivity index (χ1n) is 7.11. The smallest absolute Gasteiger partial charge is 0.298 e. The van der Waals surface area contributed by atoms with Crippen molar-refractivity contribution in [3.05, 3.63) is 57.2 Å². The Morgan fingerprint density at radius 1 is 1.31 bits per heavy atom. The number of nitrogens with one attached hydrogen (secondary N) is 1. The van der Waals surface area contributed by atoms with Gasteiger partial charge in [-0.1, -0.05) is 15.9 Å². The SMILES string of the molecule is O=c1c2[nH]c3ccc(Br)cc3c2ncn1N=Cc1ccc(S(=O)(=O)[O-])o1. The molecule has 26 heavy (non-hydrogen) atoms. The van der Waals surface area contributed by atoms with Crippen LogP contribution in [0, 0.1) is 0 Å². The van der Waals surface area contributed by atoms with Gasteiger partial charge in [-0.05, 0) is 30.3 Å². The number of benzene rings is 1. The van der Waals surface area contributed by atoms with Crippen molar-refractivity contribution in [2.75, 3.05) is 0 Å². The highest BCUT2D eigenvalue weighted by Crippen LogP contribution is 2.24. The molecule has 0 spiro atoms. The molecular formula is C15H8BrN4O5S-. The topological polar surface area (TPSA) is 133 Å². The minimum absolute atomic E-state index is 0.00648. The van der Waals surface area contributed by atoms with E-state index in [1.54, 1.807) is 0 Å². The zero-order valence-corrected chi connectivity index (χ0v) is 15.1. The lowest BCUT2D eigenvalue weighted by atomic mass is 10.2. The van der Waals surface area contributed by atoms with E-state index in [-0.39, 0.29) is 11.3 Å². The van der Waals surface area contributed by atoms with Crippen molar-refractivity contribution >= 4 is 54.2 Å². The first-order chi connectivity index (χ1) is 12.3. The van der Waals surface area contributed by atoms with E-state index >= 15 is 0 Å². The molecule has 0 saturated heterocycles. The minimum Gasteiger partial charge on any atom is -0.742 e. The molecule has 132 valence electrons. The number of fused-ring (bicyclic) bond motifs is 3. The van der Waals surface area contributed by atoms with Crippen LogP contribution in [0.15, 0.2) is 60.5 Å². The molecule has 0 aliphatic carbocycles. The van der Waals surface area contributed by atoms with E-state index in [1.165, 1.54) is 12.4 Å². The van der Waals surface area contributed by atoms with E-state index in [9.17, 15) is 17.8 Å². The quantitative estimate of drug-likeness (QED) is 0.386. The normalized spacial score (nSPS) is 12.5. The summed E-state index contributed by atoms with van der Waals surface area (Å²) in [7, 11) is -4.69. The zero-order chi connectivity index (χ0) is 18.5. The fourth-order valence-electron chi connectivity index (χ4n) is 2.46. The third kappa shape index (κ3) is 2.85. The van der Waals surface area contributed by atoms with E-state index in [4.69, 9.17) is 4.42 Å². The van der Waals surface area contributed by atoms with Crippen LogP contribution >= 0.6 is 15.9 Å². The minimum atomic E-state index is -4.69. The summed E-state index contributed by atoms with van der Waals surface area (Å²) in [5.41, 5.74) is 1.10. The molecule has 4 aromatic rings. The molecule has 0 fully saturated rings. The molecule has 3 heterocycles. The van der Waals surface area contributed by atoms with Crippen molar-refractivity contribution in [3.8, 4) is 0 Å². The monoisotopic (exact) mass is 435 g/mol. The van der Waals surface area contributed by atoms with Crippen LogP contribution in [0.1, 0.15) is 5.76 Å². The van der Waals surface area contributed by atoms with E-state index < -0.39 is 20.8 Å². The average molecular weight is 436 g/mol. The van der Waals surface area contributed by atoms with Gasteiger partial charge in [-0.25, -0.2) is 13.4 Å². The van der Waals surface area contributed by atoms with Gasteiger partial charge in [-0.2, -0.15) is 9.78 Å². The zero-order valence-electron chi connectivity index (χ0n) is 12.7. The van der Waals surface area contributed by atoms with Gasteiger partial charge in [-0.15, -0.1) is 0 Å². The predicted octanol–water partition coefficient (Wildman–Crippen LogP) is 2.02. The van der Waals surface area contributed by atoms with Gasteiger partial charge in [0.2, 0.25) is 5.09 Å². The van der Waals surface area contributed by atoms with Gasteiger partial charge in [0.1, 0.15) is 23.1 Å². The summed E-state index contributed by atoms with van der Waals surface area (Å²) in [6.07, 6.45) is 2.35. The number of rotatable bonds is 3. The molecule has 9 nitrogen and oxygen atoms in total. The predicted molar refractivity (Wildman–Crippen MR) is 95.2 cm³/mol. The maximum atomic E-state index is 12.6. The van der Waals surface area contributed by atoms with Crippen molar-refractivity contribution in [3.63, 3.8) is 0 Å². The molecule has 0 bridgehead atoms. The van der Waals surface area contributed by atoms with Crippen LogP contribution in [0.3, 0.4) is 0 Å². The molecule has 11 heteroatoms. The van der Waals surface area contributed by atoms with Gasteiger partial charge >= 0.3 is 0 Å². The van der Waals surface area contributed by atoms with Gasteiger partial charge in [0, 0.05) is 15.4 Å². The van der Waals surface area contributed by atoms with E-state index in [2.05, 4.69) is 31.0 Å². The summed E-state index contributed by atoms with van der Waals surface area (Å²) in [4.78, 5) is 19.8. The number of aromatic amines is 1. The number of hydrogen-bond donors (Lipinski definition) is 1. The van der Waals surface area contributed by atoms with Gasteiger partial charge < -0.3 is 14.0 Å². The molecule has 0 aliphatic heterocycles. The molecule has 0 radical (unpaired) electrons. The summed E-state index contributed by atoms with van der Waals surface area (Å²) in [5, 5.41) is 3.98. The number of nitrogens with zero attached hydrogens (tertiary/aromatic N) is 3. The van der Waals surface area contributed by atoms with E-state index in [1.807, 2.05) is 18.2 Å². The maximum Gasteiger partial charge on any atom is 0.298 e. The second-order valence-electron chi connectivity index (χ2n) is 5.29. The van der Waals surface area contributed by atoms with Crippen LogP contribution in [-0.4, -0.2) is 33.8 Å². The van der Waals surface area contributed by atoms with E-state index in [0.717, 1.165) is 32.3 Å². The number of hydrogen-bond acceptors (Lipinski definition) is 7. The highest BCUT2D eigenvalue weighted by atomic mass is 79.9. The van der Waals surface area contributed by atoms with Crippen LogP contribution in [0.2, 0.25) is 0 Å². The van der Waals surface area contributed by atoms with Crippen LogP contribution in [0.25, 0.3) is 21.9 Å². The largest absolute Gasteiger partial charge is 0.742 e. The molecule has 0 amide bonds. The first kappa shape index (κ1) is 16.7. The molecule has 0 aliphatic rings. The molecule has 4 rings (SSSR count). The van der Waals surface area contributed by atoms with Crippen LogP contribution in [-0.2, 0) is 10.1 Å². The van der Waals surface area contributed by atoms with Gasteiger partial charge in [-0.3, -0.25) is 4.79 Å². The summed E-state index contributed by atoms with van der Waals surface area (Å²) in [6.45, 7) is 0. The van der Waals surface area contributed by atoms with Crippen molar-refractivity contribution < 1.29 is 17.4 Å². The summed E-state index contributed by atoms with van der Waals surface area (Å²) in [5.74, 6) is 0.00648. The van der Waals surface area contributed by atoms with E-state index in [0.29, 0.717) is 5.52 Å². The van der Waals surface area contributed by atoms with Gasteiger partial charge in [0.25, 0.3) is 5.56 Å². The fourth-order valence-corrected chi connectivity index (χ4v) is 3.25. The number of halogens is 1.